The number of nitrogens with one attached hydrogen (secondary N) is 2. The van der Waals surface area contributed by atoms with Crippen molar-refractivity contribution in [2.24, 2.45) is 4.99 Å². The van der Waals surface area contributed by atoms with Crippen molar-refractivity contribution in [2.75, 3.05) is 7.05 Å². The second kappa shape index (κ2) is 9.39. The number of nitrogens with zero attached hydrogens (tertiary/aromatic N) is 1. The molecule has 0 amide bonds. The molecule has 0 radical (unpaired) electrons. The average molecular weight is 395 g/mol. The Morgan fingerprint density at radius 3 is 2.14 bits per heavy atom. The van der Waals surface area contributed by atoms with E-state index in [2.05, 4.69) is 58.9 Å². The summed E-state index contributed by atoms with van der Waals surface area (Å²) < 4.78 is 0. The molecule has 2 rings (SSSR count). The highest BCUT2D eigenvalue weighted by atomic mass is 127. The number of rotatable bonds is 4. The second-order valence-electron chi connectivity index (χ2n) is 4.75. The van der Waals surface area contributed by atoms with Crippen molar-refractivity contribution in [3.63, 3.8) is 0 Å². The van der Waals surface area contributed by atoms with E-state index in [1.807, 2.05) is 18.2 Å². The Kier molecular flexibility index (Phi) is 7.82. The van der Waals surface area contributed by atoms with Gasteiger partial charge in [0.1, 0.15) is 0 Å². The van der Waals surface area contributed by atoms with Gasteiger partial charge >= 0.3 is 0 Å². The Morgan fingerprint density at radius 2 is 1.52 bits per heavy atom. The Labute approximate surface area is 143 Å². The van der Waals surface area contributed by atoms with Gasteiger partial charge in [-0.05, 0) is 18.1 Å². The molecule has 2 aromatic rings. The van der Waals surface area contributed by atoms with E-state index in [0.29, 0.717) is 0 Å². The predicted molar refractivity (Wildman–Crippen MR) is 100 cm³/mol. The van der Waals surface area contributed by atoms with Gasteiger partial charge in [-0.1, -0.05) is 60.2 Å². The van der Waals surface area contributed by atoms with Crippen LogP contribution in [0, 0.1) is 6.92 Å². The van der Waals surface area contributed by atoms with Gasteiger partial charge in [-0.2, -0.15) is 0 Å². The van der Waals surface area contributed by atoms with Gasteiger partial charge in [0.05, 0.1) is 0 Å². The van der Waals surface area contributed by atoms with Gasteiger partial charge in [-0.25, -0.2) is 0 Å². The molecule has 0 aromatic heterocycles. The number of hydrogen-bond donors (Lipinski definition) is 2. The molecule has 0 bridgehead atoms. The van der Waals surface area contributed by atoms with Crippen LogP contribution in [0.4, 0.5) is 0 Å². The molecule has 0 heterocycles. The Hall–Kier alpha value is -1.56. The molecule has 3 nitrogen and oxygen atoms in total. The minimum Gasteiger partial charge on any atom is -0.352 e. The summed E-state index contributed by atoms with van der Waals surface area (Å²) in [6, 6.07) is 18.8. The van der Waals surface area contributed by atoms with Crippen LogP contribution in [-0.4, -0.2) is 13.0 Å². The van der Waals surface area contributed by atoms with E-state index < -0.39 is 0 Å². The smallest absolute Gasteiger partial charge is 0.191 e. The molecule has 0 aliphatic heterocycles. The van der Waals surface area contributed by atoms with Gasteiger partial charge in [0.15, 0.2) is 5.96 Å². The Balaban J connectivity index is 0.00000220. The lowest BCUT2D eigenvalue weighted by Crippen LogP contribution is -2.36. The van der Waals surface area contributed by atoms with E-state index in [1.165, 1.54) is 16.7 Å². The first-order valence-corrected chi connectivity index (χ1v) is 6.82. The molecule has 0 atom stereocenters. The van der Waals surface area contributed by atoms with Crippen LogP contribution in [-0.2, 0) is 13.1 Å². The quantitative estimate of drug-likeness (QED) is 0.473. The van der Waals surface area contributed by atoms with Gasteiger partial charge in [0.2, 0.25) is 0 Å². The van der Waals surface area contributed by atoms with Gasteiger partial charge in [-0.15, -0.1) is 24.0 Å². The van der Waals surface area contributed by atoms with E-state index in [1.54, 1.807) is 7.05 Å². The molecule has 0 unspecified atom stereocenters. The number of guanidine groups is 1. The predicted octanol–water partition coefficient (Wildman–Crippen LogP) is 3.48. The summed E-state index contributed by atoms with van der Waals surface area (Å²) in [7, 11) is 1.79. The molecular formula is C17H22IN3. The van der Waals surface area contributed by atoms with Gasteiger partial charge in [0.25, 0.3) is 0 Å². The van der Waals surface area contributed by atoms with Crippen molar-refractivity contribution >= 4 is 29.9 Å². The van der Waals surface area contributed by atoms with E-state index in [-0.39, 0.29) is 24.0 Å². The lowest BCUT2D eigenvalue weighted by Gasteiger charge is -2.12. The Morgan fingerprint density at radius 1 is 0.905 bits per heavy atom. The molecule has 21 heavy (non-hydrogen) atoms. The molecule has 2 aromatic carbocycles. The third kappa shape index (κ3) is 6.16. The van der Waals surface area contributed by atoms with E-state index in [4.69, 9.17) is 0 Å². The van der Waals surface area contributed by atoms with Crippen molar-refractivity contribution in [2.45, 2.75) is 20.0 Å². The molecule has 0 saturated heterocycles. The summed E-state index contributed by atoms with van der Waals surface area (Å²) in [6.45, 7) is 3.65. The molecule has 0 aliphatic carbocycles. The van der Waals surface area contributed by atoms with Crippen molar-refractivity contribution in [3.05, 3.63) is 71.3 Å². The van der Waals surface area contributed by atoms with Crippen molar-refractivity contribution in [3.8, 4) is 0 Å². The molecular weight excluding hydrogens is 373 g/mol. The summed E-state index contributed by atoms with van der Waals surface area (Å²) in [5.74, 6) is 0.815. The zero-order chi connectivity index (χ0) is 14.2. The van der Waals surface area contributed by atoms with Crippen LogP contribution in [0.5, 0.6) is 0 Å². The molecule has 2 N–H and O–H groups in total. The van der Waals surface area contributed by atoms with Crippen LogP contribution >= 0.6 is 24.0 Å². The third-order valence-corrected chi connectivity index (χ3v) is 3.07. The first-order chi connectivity index (χ1) is 9.78. The minimum atomic E-state index is 0. The van der Waals surface area contributed by atoms with E-state index in [0.717, 1.165) is 19.0 Å². The van der Waals surface area contributed by atoms with Gasteiger partial charge in [-0.3, -0.25) is 4.99 Å². The number of benzene rings is 2. The average Bonchev–Trinajstić information content (AvgIpc) is 2.48. The lowest BCUT2D eigenvalue weighted by molar-refractivity contribution is 0.808. The third-order valence-electron chi connectivity index (χ3n) is 3.07. The molecule has 0 saturated carbocycles. The minimum absolute atomic E-state index is 0. The summed E-state index contributed by atoms with van der Waals surface area (Å²) in [6.07, 6.45) is 0. The maximum absolute atomic E-state index is 4.24. The van der Waals surface area contributed by atoms with Crippen LogP contribution < -0.4 is 10.6 Å². The molecule has 0 fully saturated rings. The SMILES string of the molecule is CN=C(NCc1ccccc1)NCc1cccc(C)c1.I. The number of halogens is 1. The zero-order valence-corrected chi connectivity index (χ0v) is 14.8. The molecule has 112 valence electrons. The molecule has 0 aliphatic rings. The topological polar surface area (TPSA) is 36.4 Å². The summed E-state index contributed by atoms with van der Waals surface area (Å²) in [4.78, 5) is 4.24. The fraction of sp³-hybridized carbons (Fsp3) is 0.235. The largest absolute Gasteiger partial charge is 0.352 e. The summed E-state index contributed by atoms with van der Waals surface area (Å²) in [5.41, 5.74) is 3.77. The summed E-state index contributed by atoms with van der Waals surface area (Å²) >= 11 is 0. The van der Waals surface area contributed by atoms with Crippen LogP contribution in [0.15, 0.2) is 59.6 Å². The van der Waals surface area contributed by atoms with Crippen molar-refractivity contribution < 1.29 is 0 Å². The van der Waals surface area contributed by atoms with Crippen LogP contribution in [0.3, 0.4) is 0 Å². The molecule has 4 heteroatoms. The standard InChI is InChI=1S/C17H21N3.HI/c1-14-7-6-10-16(11-14)13-20-17(18-2)19-12-15-8-4-3-5-9-15;/h3-11H,12-13H2,1-2H3,(H2,18,19,20);1H. The first kappa shape index (κ1) is 17.5. The Bertz CT molecular complexity index is 567. The van der Waals surface area contributed by atoms with Crippen LogP contribution in [0.1, 0.15) is 16.7 Å². The monoisotopic (exact) mass is 395 g/mol. The van der Waals surface area contributed by atoms with Crippen molar-refractivity contribution in [1.82, 2.24) is 10.6 Å². The summed E-state index contributed by atoms with van der Waals surface area (Å²) in [5, 5.41) is 6.63. The maximum Gasteiger partial charge on any atom is 0.191 e. The van der Waals surface area contributed by atoms with Crippen molar-refractivity contribution in [1.29, 1.82) is 0 Å². The second-order valence-corrected chi connectivity index (χ2v) is 4.75. The number of hydrogen-bond acceptors (Lipinski definition) is 1. The highest BCUT2D eigenvalue weighted by molar-refractivity contribution is 14.0. The lowest BCUT2D eigenvalue weighted by atomic mass is 10.1. The van der Waals surface area contributed by atoms with E-state index >= 15 is 0 Å². The zero-order valence-electron chi connectivity index (χ0n) is 12.5. The maximum atomic E-state index is 4.24. The first-order valence-electron chi connectivity index (χ1n) is 6.82. The van der Waals surface area contributed by atoms with Gasteiger partial charge < -0.3 is 10.6 Å². The van der Waals surface area contributed by atoms with E-state index in [9.17, 15) is 0 Å². The molecule has 0 spiro atoms. The van der Waals surface area contributed by atoms with Gasteiger partial charge in [0, 0.05) is 20.1 Å². The van der Waals surface area contributed by atoms with Crippen LogP contribution in [0.25, 0.3) is 0 Å². The normalized spacial score (nSPS) is 10.7. The highest BCUT2D eigenvalue weighted by Crippen LogP contribution is 2.03. The fourth-order valence-electron chi connectivity index (χ4n) is 2.01. The fourth-order valence-corrected chi connectivity index (χ4v) is 2.01. The highest BCUT2D eigenvalue weighted by Gasteiger charge is 1.99. The van der Waals surface area contributed by atoms with Crippen LogP contribution in [0.2, 0.25) is 0 Å². The number of aryl methyl sites for hydroxylation is 1. The number of aliphatic imine (C=N–C) groups is 1.